The number of piperazine rings is 1. The molecule has 2 rings (SSSR count). The summed E-state index contributed by atoms with van der Waals surface area (Å²) in [6.45, 7) is 10.1. The van der Waals surface area contributed by atoms with E-state index in [1.165, 1.54) is 5.56 Å². The monoisotopic (exact) mass is 290 g/mol. The molecule has 0 unspecified atom stereocenters. The van der Waals surface area contributed by atoms with Gasteiger partial charge in [0, 0.05) is 45.0 Å². The van der Waals surface area contributed by atoms with Gasteiger partial charge in [0.25, 0.3) is 0 Å². The highest BCUT2D eigenvalue weighted by molar-refractivity contribution is 5.93. The van der Waals surface area contributed by atoms with Crippen molar-refractivity contribution >= 4 is 11.6 Å². The number of anilines is 1. The first-order chi connectivity index (χ1) is 10.1. The average Bonchev–Trinajstić information content (AvgIpc) is 2.46. The predicted molar refractivity (Wildman–Crippen MR) is 86.5 cm³/mol. The number of carbonyl (C=O) groups is 1. The van der Waals surface area contributed by atoms with E-state index in [4.69, 9.17) is 5.73 Å². The summed E-state index contributed by atoms with van der Waals surface area (Å²) in [5, 5.41) is 3.02. The molecule has 1 saturated heterocycles. The van der Waals surface area contributed by atoms with E-state index in [-0.39, 0.29) is 5.91 Å². The van der Waals surface area contributed by atoms with Gasteiger partial charge in [-0.3, -0.25) is 14.6 Å². The van der Waals surface area contributed by atoms with Crippen LogP contribution in [0, 0.1) is 13.8 Å². The smallest absolute Gasteiger partial charge is 0.238 e. The molecule has 5 nitrogen and oxygen atoms in total. The molecular weight excluding hydrogens is 264 g/mol. The standard InChI is InChI=1S/C16H26N4O/c1-13-4-3-5-15(14(13)2)18-16(21)12-20-10-8-19(7-6-17)9-11-20/h3-5H,6-12,17H2,1-2H3,(H,18,21). The van der Waals surface area contributed by atoms with E-state index in [1.807, 2.05) is 19.1 Å². The number of amides is 1. The van der Waals surface area contributed by atoms with Gasteiger partial charge in [0.05, 0.1) is 6.54 Å². The molecule has 0 aliphatic carbocycles. The molecule has 1 aromatic rings. The highest BCUT2D eigenvalue weighted by Gasteiger charge is 2.18. The van der Waals surface area contributed by atoms with Gasteiger partial charge in [-0.15, -0.1) is 0 Å². The Morgan fingerprint density at radius 1 is 1.19 bits per heavy atom. The summed E-state index contributed by atoms with van der Waals surface area (Å²) in [7, 11) is 0. The molecule has 1 heterocycles. The van der Waals surface area contributed by atoms with Gasteiger partial charge >= 0.3 is 0 Å². The zero-order valence-electron chi connectivity index (χ0n) is 13.1. The lowest BCUT2D eigenvalue weighted by atomic mass is 10.1. The van der Waals surface area contributed by atoms with Crippen LogP contribution < -0.4 is 11.1 Å². The van der Waals surface area contributed by atoms with Crippen molar-refractivity contribution in [2.24, 2.45) is 5.73 Å². The van der Waals surface area contributed by atoms with Crippen molar-refractivity contribution in [3.8, 4) is 0 Å². The quantitative estimate of drug-likeness (QED) is 0.843. The number of nitrogens with zero attached hydrogens (tertiary/aromatic N) is 2. The molecular formula is C16H26N4O. The lowest BCUT2D eigenvalue weighted by molar-refractivity contribution is -0.117. The Hall–Kier alpha value is -1.43. The largest absolute Gasteiger partial charge is 0.329 e. The summed E-state index contributed by atoms with van der Waals surface area (Å²) >= 11 is 0. The van der Waals surface area contributed by atoms with Crippen molar-refractivity contribution in [2.75, 3.05) is 51.1 Å². The fraction of sp³-hybridized carbons (Fsp3) is 0.562. The zero-order chi connectivity index (χ0) is 15.2. The van der Waals surface area contributed by atoms with Crippen LogP contribution in [-0.4, -0.2) is 61.5 Å². The SMILES string of the molecule is Cc1cccc(NC(=O)CN2CCN(CCN)CC2)c1C. The fourth-order valence-electron chi connectivity index (χ4n) is 2.63. The molecule has 0 spiro atoms. The molecule has 3 N–H and O–H groups in total. The number of rotatable bonds is 5. The van der Waals surface area contributed by atoms with Crippen molar-refractivity contribution in [1.29, 1.82) is 0 Å². The summed E-state index contributed by atoms with van der Waals surface area (Å²) in [6.07, 6.45) is 0. The van der Waals surface area contributed by atoms with E-state index in [9.17, 15) is 4.79 Å². The third-order valence-corrected chi connectivity index (χ3v) is 4.16. The minimum atomic E-state index is 0.0657. The minimum Gasteiger partial charge on any atom is -0.329 e. The molecule has 0 aromatic heterocycles. The van der Waals surface area contributed by atoms with Crippen LogP contribution >= 0.6 is 0 Å². The van der Waals surface area contributed by atoms with Gasteiger partial charge in [0.2, 0.25) is 5.91 Å². The van der Waals surface area contributed by atoms with E-state index >= 15 is 0 Å². The van der Waals surface area contributed by atoms with Gasteiger partial charge < -0.3 is 11.1 Å². The van der Waals surface area contributed by atoms with E-state index in [2.05, 4.69) is 28.1 Å². The first-order valence-corrected chi connectivity index (χ1v) is 7.61. The maximum atomic E-state index is 12.2. The predicted octanol–water partition coefficient (Wildman–Crippen LogP) is 0.818. The molecule has 1 aliphatic rings. The van der Waals surface area contributed by atoms with Crippen molar-refractivity contribution in [3.05, 3.63) is 29.3 Å². The Bertz CT molecular complexity index is 481. The molecule has 21 heavy (non-hydrogen) atoms. The second-order valence-electron chi connectivity index (χ2n) is 5.70. The number of nitrogens with two attached hydrogens (primary N) is 1. The topological polar surface area (TPSA) is 61.6 Å². The van der Waals surface area contributed by atoms with Crippen LogP contribution in [0.25, 0.3) is 0 Å². The van der Waals surface area contributed by atoms with Crippen LogP contribution in [0.1, 0.15) is 11.1 Å². The third kappa shape index (κ3) is 4.52. The van der Waals surface area contributed by atoms with Gasteiger partial charge in [-0.05, 0) is 31.0 Å². The number of hydrogen-bond acceptors (Lipinski definition) is 4. The molecule has 1 fully saturated rings. The molecule has 1 aliphatic heterocycles. The summed E-state index contributed by atoms with van der Waals surface area (Å²) < 4.78 is 0. The van der Waals surface area contributed by atoms with E-state index in [0.29, 0.717) is 13.1 Å². The average molecular weight is 290 g/mol. The Kier molecular flexibility index (Phi) is 5.73. The molecule has 116 valence electrons. The first kappa shape index (κ1) is 15.9. The van der Waals surface area contributed by atoms with Crippen LogP contribution in [0.15, 0.2) is 18.2 Å². The Morgan fingerprint density at radius 2 is 1.86 bits per heavy atom. The summed E-state index contributed by atoms with van der Waals surface area (Å²) in [5.41, 5.74) is 8.82. The second-order valence-corrected chi connectivity index (χ2v) is 5.70. The molecule has 0 saturated carbocycles. The van der Waals surface area contributed by atoms with Crippen molar-refractivity contribution in [3.63, 3.8) is 0 Å². The Balaban J connectivity index is 1.81. The molecule has 0 bridgehead atoms. The number of nitrogens with one attached hydrogen (secondary N) is 1. The highest BCUT2D eigenvalue weighted by atomic mass is 16.2. The van der Waals surface area contributed by atoms with Crippen LogP contribution in [0.2, 0.25) is 0 Å². The zero-order valence-corrected chi connectivity index (χ0v) is 13.1. The van der Waals surface area contributed by atoms with E-state index in [0.717, 1.165) is 44.0 Å². The van der Waals surface area contributed by atoms with Gasteiger partial charge in [-0.25, -0.2) is 0 Å². The van der Waals surface area contributed by atoms with E-state index < -0.39 is 0 Å². The Morgan fingerprint density at radius 3 is 2.52 bits per heavy atom. The first-order valence-electron chi connectivity index (χ1n) is 7.61. The summed E-state index contributed by atoms with van der Waals surface area (Å²) in [5.74, 6) is 0.0657. The number of carbonyl (C=O) groups excluding carboxylic acids is 1. The van der Waals surface area contributed by atoms with Gasteiger partial charge in [-0.2, -0.15) is 0 Å². The van der Waals surface area contributed by atoms with Crippen LogP contribution in [-0.2, 0) is 4.79 Å². The molecule has 0 atom stereocenters. The molecule has 1 aromatic carbocycles. The Labute approximate surface area is 127 Å². The highest BCUT2D eigenvalue weighted by Crippen LogP contribution is 2.17. The normalized spacial score (nSPS) is 16.9. The molecule has 0 radical (unpaired) electrons. The number of aryl methyl sites for hydroxylation is 1. The third-order valence-electron chi connectivity index (χ3n) is 4.16. The fourth-order valence-corrected chi connectivity index (χ4v) is 2.63. The van der Waals surface area contributed by atoms with Crippen LogP contribution in [0.4, 0.5) is 5.69 Å². The molecule has 1 amide bonds. The maximum absolute atomic E-state index is 12.2. The lowest BCUT2D eigenvalue weighted by Gasteiger charge is -2.34. The van der Waals surface area contributed by atoms with Crippen molar-refractivity contribution in [2.45, 2.75) is 13.8 Å². The minimum absolute atomic E-state index is 0.0657. The molecule has 5 heteroatoms. The van der Waals surface area contributed by atoms with Gasteiger partial charge in [-0.1, -0.05) is 12.1 Å². The van der Waals surface area contributed by atoms with Gasteiger partial charge in [0.1, 0.15) is 0 Å². The van der Waals surface area contributed by atoms with Gasteiger partial charge in [0.15, 0.2) is 0 Å². The second kappa shape index (κ2) is 7.54. The number of hydrogen-bond donors (Lipinski definition) is 2. The maximum Gasteiger partial charge on any atom is 0.238 e. The summed E-state index contributed by atoms with van der Waals surface area (Å²) in [4.78, 5) is 16.7. The van der Waals surface area contributed by atoms with Crippen LogP contribution in [0.3, 0.4) is 0 Å². The lowest BCUT2D eigenvalue weighted by Crippen LogP contribution is -2.49. The van der Waals surface area contributed by atoms with Crippen LogP contribution in [0.5, 0.6) is 0 Å². The van der Waals surface area contributed by atoms with Crippen molar-refractivity contribution in [1.82, 2.24) is 9.80 Å². The van der Waals surface area contributed by atoms with Crippen molar-refractivity contribution < 1.29 is 4.79 Å². The summed E-state index contributed by atoms with van der Waals surface area (Å²) in [6, 6.07) is 5.99. The number of benzene rings is 1. The van der Waals surface area contributed by atoms with E-state index in [1.54, 1.807) is 0 Å².